The minimum Gasteiger partial charge on any atom is -0.362 e. The molecule has 87 valence electrons. The second kappa shape index (κ2) is 5.13. The van der Waals surface area contributed by atoms with E-state index in [1.165, 1.54) is 0 Å². The molecule has 1 N–H and O–H groups in total. The van der Waals surface area contributed by atoms with Crippen LogP contribution in [-0.2, 0) is 17.1 Å². The van der Waals surface area contributed by atoms with E-state index in [-0.39, 0.29) is 0 Å². The first-order valence-electron chi connectivity index (χ1n) is 5.49. The van der Waals surface area contributed by atoms with E-state index in [1.807, 2.05) is 48.5 Å². The molecule has 2 aromatic carbocycles. The summed E-state index contributed by atoms with van der Waals surface area (Å²) in [5.41, 5.74) is 1.65. The van der Waals surface area contributed by atoms with E-state index in [9.17, 15) is 5.11 Å². The van der Waals surface area contributed by atoms with Crippen LogP contribution in [0.3, 0.4) is 0 Å². The van der Waals surface area contributed by atoms with Gasteiger partial charge in [0, 0.05) is 12.5 Å². The molecule has 0 heterocycles. The molecule has 17 heavy (non-hydrogen) atoms. The van der Waals surface area contributed by atoms with Gasteiger partial charge < -0.3 is 9.84 Å². The Morgan fingerprint density at radius 2 is 1.47 bits per heavy atom. The van der Waals surface area contributed by atoms with Crippen molar-refractivity contribution >= 4 is 0 Å². The highest BCUT2D eigenvalue weighted by atomic mass is 16.6. The average molecular weight is 227 g/mol. The number of hydrogen-bond donors (Lipinski definition) is 1. The van der Waals surface area contributed by atoms with Crippen molar-refractivity contribution in [3.8, 4) is 0 Å². The van der Waals surface area contributed by atoms with Crippen molar-refractivity contribution in [2.24, 2.45) is 0 Å². The standard InChI is InChI=1S/C15H15O2/c1-15(16,14-10-6-3-7-11-14)17-12-13-8-4-2-5-9-13/h2-11,16H,1,12H2. The van der Waals surface area contributed by atoms with Crippen LogP contribution in [0.1, 0.15) is 11.1 Å². The molecule has 0 saturated heterocycles. The molecular weight excluding hydrogens is 212 g/mol. The van der Waals surface area contributed by atoms with Crippen molar-refractivity contribution in [3.63, 3.8) is 0 Å². The molecule has 0 aliphatic carbocycles. The largest absolute Gasteiger partial charge is 0.362 e. The van der Waals surface area contributed by atoms with Gasteiger partial charge in [-0.3, -0.25) is 0 Å². The Bertz CT molecular complexity index is 449. The summed E-state index contributed by atoms with van der Waals surface area (Å²) < 4.78 is 5.45. The lowest BCUT2D eigenvalue weighted by molar-refractivity contribution is -0.185. The van der Waals surface area contributed by atoms with Gasteiger partial charge in [-0.25, -0.2) is 0 Å². The molecule has 2 rings (SSSR count). The van der Waals surface area contributed by atoms with Crippen molar-refractivity contribution in [2.75, 3.05) is 0 Å². The highest BCUT2D eigenvalue weighted by molar-refractivity contribution is 5.21. The molecule has 0 saturated carbocycles. The van der Waals surface area contributed by atoms with Gasteiger partial charge in [0.1, 0.15) is 0 Å². The maximum atomic E-state index is 10.1. The highest BCUT2D eigenvalue weighted by Gasteiger charge is 2.23. The van der Waals surface area contributed by atoms with E-state index in [1.54, 1.807) is 12.1 Å². The van der Waals surface area contributed by atoms with E-state index < -0.39 is 5.79 Å². The molecule has 2 nitrogen and oxygen atoms in total. The fraction of sp³-hybridized carbons (Fsp3) is 0.133. The van der Waals surface area contributed by atoms with Gasteiger partial charge in [0.2, 0.25) is 0 Å². The molecule has 1 atom stereocenters. The van der Waals surface area contributed by atoms with Crippen LogP contribution >= 0.6 is 0 Å². The summed E-state index contributed by atoms with van der Waals surface area (Å²) in [5.74, 6) is -1.50. The molecule has 1 unspecified atom stereocenters. The maximum Gasteiger partial charge on any atom is 0.192 e. The molecule has 0 spiro atoms. The van der Waals surface area contributed by atoms with E-state index in [4.69, 9.17) is 4.74 Å². The zero-order valence-corrected chi connectivity index (χ0v) is 9.54. The quantitative estimate of drug-likeness (QED) is 0.814. The van der Waals surface area contributed by atoms with Crippen molar-refractivity contribution in [2.45, 2.75) is 12.4 Å². The second-order valence-electron chi connectivity index (χ2n) is 3.92. The molecular formula is C15H15O2. The van der Waals surface area contributed by atoms with Crippen LogP contribution in [0.25, 0.3) is 0 Å². The first kappa shape index (κ1) is 11.8. The molecule has 2 heteroatoms. The predicted octanol–water partition coefficient (Wildman–Crippen LogP) is 2.88. The summed E-state index contributed by atoms with van der Waals surface area (Å²) in [6, 6.07) is 18.9. The van der Waals surface area contributed by atoms with Gasteiger partial charge >= 0.3 is 0 Å². The van der Waals surface area contributed by atoms with E-state index in [2.05, 4.69) is 6.92 Å². The van der Waals surface area contributed by atoms with Gasteiger partial charge in [0.05, 0.1) is 6.61 Å². The zero-order chi connectivity index (χ0) is 12.1. The Morgan fingerprint density at radius 1 is 0.941 bits per heavy atom. The minimum absolute atomic E-state index is 0.329. The van der Waals surface area contributed by atoms with Crippen LogP contribution in [-0.4, -0.2) is 5.11 Å². The summed E-state index contributed by atoms with van der Waals surface area (Å²) in [6.45, 7) is 4.02. The topological polar surface area (TPSA) is 29.5 Å². The maximum absolute atomic E-state index is 10.1. The van der Waals surface area contributed by atoms with Crippen molar-refractivity contribution in [1.82, 2.24) is 0 Å². The van der Waals surface area contributed by atoms with Crippen molar-refractivity contribution in [3.05, 3.63) is 78.7 Å². The monoisotopic (exact) mass is 227 g/mol. The molecule has 0 aliphatic rings. The Kier molecular flexibility index (Phi) is 3.57. The van der Waals surface area contributed by atoms with E-state index in [0.717, 1.165) is 5.56 Å². The normalized spacial score (nSPS) is 14.2. The highest BCUT2D eigenvalue weighted by Crippen LogP contribution is 2.22. The molecule has 1 radical (unpaired) electrons. The lowest BCUT2D eigenvalue weighted by Gasteiger charge is -2.24. The number of hydrogen-bond acceptors (Lipinski definition) is 2. The van der Waals surface area contributed by atoms with Gasteiger partial charge in [-0.2, -0.15) is 0 Å². The summed E-state index contributed by atoms with van der Waals surface area (Å²) in [4.78, 5) is 0. The first-order chi connectivity index (χ1) is 8.18. The Hall–Kier alpha value is -1.64. The third kappa shape index (κ3) is 3.16. The molecule has 2 aromatic rings. The number of benzene rings is 2. The van der Waals surface area contributed by atoms with Crippen LogP contribution in [0.5, 0.6) is 0 Å². The second-order valence-corrected chi connectivity index (χ2v) is 3.92. The average Bonchev–Trinajstić information content (AvgIpc) is 2.39. The van der Waals surface area contributed by atoms with Crippen molar-refractivity contribution in [1.29, 1.82) is 0 Å². The molecule has 0 bridgehead atoms. The first-order valence-corrected chi connectivity index (χ1v) is 5.49. The number of aliphatic hydroxyl groups is 1. The van der Waals surface area contributed by atoms with Gasteiger partial charge in [-0.15, -0.1) is 0 Å². The van der Waals surface area contributed by atoms with E-state index >= 15 is 0 Å². The fourth-order valence-corrected chi connectivity index (χ4v) is 1.56. The predicted molar refractivity (Wildman–Crippen MR) is 66.9 cm³/mol. The van der Waals surface area contributed by atoms with Gasteiger partial charge in [0.25, 0.3) is 0 Å². The fourth-order valence-electron chi connectivity index (χ4n) is 1.56. The Morgan fingerprint density at radius 3 is 2.06 bits per heavy atom. The summed E-state index contributed by atoms with van der Waals surface area (Å²) in [6.07, 6.45) is 0. The Labute approximate surface area is 101 Å². The third-order valence-electron chi connectivity index (χ3n) is 2.55. The summed E-state index contributed by atoms with van der Waals surface area (Å²) >= 11 is 0. The smallest absolute Gasteiger partial charge is 0.192 e. The SMILES string of the molecule is [CH2]C(O)(OCc1ccccc1)c1ccccc1. The van der Waals surface area contributed by atoms with Crippen molar-refractivity contribution < 1.29 is 9.84 Å². The third-order valence-corrected chi connectivity index (χ3v) is 2.55. The lowest BCUT2D eigenvalue weighted by atomic mass is 10.1. The van der Waals surface area contributed by atoms with Gasteiger partial charge in [0.15, 0.2) is 5.79 Å². The molecule has 0 aromatic heterocycles. The summed E-state index contributed by atoms with van der Waals surface area (Å²) in [7, 11) is 0. The van der Waals surface area contributed by atoms with Crippen LogP contribution in [0.4, 0.5) is 0 Å². The molecule has 0 aliphatic heterocycles. The van der Waals surface area contributed by atoms with Crippen LogP contribution < -0.4 is 0 Å². The lowest BCUT2D eigenvalue weighted by Crippen LogP contribution is -2.25. The zero-order valence-electron chi connectivity index (χ0n) is 9.54. The van der Waals surface area contributed by atoms with Crippen LogP contribution in [0, 0.1) is 6.92 Å². The van der Waals surface area contributed by atoms with Crippen LogP contribution in [0.15, 0.2) is 60.7 Å². The number of ether oxygens (including phenoxy) is 1. The molecule has 0 amide bonds. The van der Waals surface area contributed by atoms with Gasteiger partial charge in [-0.1, -0.05) is 60.7 Å². The minimum atomic E-state index is -1.50. The molecule has 0 fully saturated rings. The summed E-state index contributed by atoms with van der Waals surface area (Å²) in [5, 5.41) is 10.1. The Balaban J connectivity index is 2.03. The van der Waals surface area contributed by atoms with E-state index in [0.29, 0.717) is 12.2 Å². The van der Waals surface area contributed by atoms with Gasteiger partial charge in [-0.05, 0) is 5.56 Å². The number of rotatable bonds is 4. The van der Waals surface area contributed by atoms with Crippen LogP contribution in [0.2, 0.25) is 0 Å².